The second-order valence-corrected chi connectivity index (χ2v) is 7.52. The van der Waals surface area contributed by atoms with Crippen LogP contribution in [0.25, 0.3) is 22.1 Å². The minimum Gasteiger partial charge on any atom is -0.448 e. The lowest BCUT2D eigenvalue weighted by Crippen LogP contribution is -2.40. The average molecular weight is 472 g/mol. The monoisotopic (exact) mass is 472 g/mol. The number of aromatic nitrogens is 2. The number of alkyl halides is 3. The molecule has 1 N–H and O–H groups in total. The molecule has 2 heterocycles. The number of furan rings is 1. The highest BCUT2D eigenvalue weighted by molar-refractivity contribution is 6.01. The molecule has 0 aliphatic heterocycles. The van der Waals surface area contributed by atoms with Gasteiger partial charge in [-0.15, -0.1) is 0 Å². The summed E-state index contributed by atoms with van der Waals surface area (Å²) < 4.78 is 44.9. The Bertz CT molecular complexity index is 1440. The van der Waals surface area contributed by atoms with Crippen molar-refractivity contribution < 1.29 is 27.2 Å². The zero-order chi connectivity index (χ0) is 24.5. The van der Waals surface area contributed by atoms with Gasteiger partial charge in [0.25, 0.3) is 5.56 Å². The average Bonchev–Trinajstić information content (AvgIpc) is 3.18. The van der Waals surface area contributed by atoms with Gasteiger partial charge in [-0.25, -0.2) is 4.98 Å². The zero-order valence-electron chi connectivity index (χ0n) is 17.9. The van der Waals surface area contributed by atoms with E-state index in [1.54, 1.807) is 42.5 Å². The van der Waals surface area contributed by atoms with Gasteiger partial charge in [-0.1, -0.05) is 24.3 Å². The first-order valence-electron chi connectivity index (χ1n) is 10.3. The molecule has 0 bridgehead atoms. The molecule has 0 fully saturated rings. The molecule has 0 unspecified atom stereocenters. The Balaban J connectivity index is 1.49. The van der Waals surface area contributed by atoms with Crippen LogP contribution in [-0.2, 0) is 22.7 Å². The van der Waals surface area contributed by atoms with E-state index in [0.717, 1.165) is 4.57 Å². The molecule has 4 rings (SSSR count). The number of amides is 2. The molecule has 176 valence electrons. The Morgan fingerprint density at radius 3 is 2.65 bits per heavy atom. The third-order valence-electron chi connectivity index (χ3n) is 5.16. The van der Waals surface area contributed by atoms with Gasteiger partial charge >= 0.3 is 12.1 Å². The van der Waals surface area contributed by atoms with Crippen LogP contribution in [0.15, 0.2) is 64.1 Å². The summed E-state index contributed by atoms with van der Waals surface area (Å²) in [6.45, 7) is 0.691. The number of nitrogens with one attached hydrogen (secondary N) is 1. The molecule has 0 spiro atoms. The molecule has 0 saturated carbocycles. The molecule has 4 aromatic rings. The number of halogens is 3. The van der Waals surface area contributed by atoms with Gasteiger partial charge in [0.1, 0.15) is 17.6 Å². The summed E-state index contributed by atoms with van der Waals surface area (Å²) in [5.41, 5.74) is 1.13. The molecule has 0 radical (unpaired) electrons. The van der Waals surface area contributed by atoms with E-state index in [1.165, 1.54) is 19.3 Å². The minimum atomic E-state index is -4.97. The van der Waals surface area contributed by atoms with Crippen molar-refractivity contribution in [1.29, 1.82) is 0 Å². The van der Waals surface area contributed by atoms with Gasteiger partial charge < -0.3 is 14.6 Å². The second kappa shape index (κ2) is 9.00. The van der Waals surface area contributed by atoms with E-state index in [-0.39, 0.29) is 25.2 Å². The molecule has 0 saturated heterocycles. The molecule has 0 aliphatic carbocycles. The fourth-order valence-corrected chi connectivity index (χ4v) is 3.56. The normalized spacial score (nSPS) is 11.6. The second-order valence-electron chi connectivity index (χ2n) is 7.52. The van der Waals surface area contributed by atoms with E-state index in [0.29, 0.717) is 32.6 Å². The topological polar surface area (TPSA) is 97.4 Å². The van der Waals surface area contributed by atoms with Crippen LogP contribution in [-0.4, -0.2) is 39.0 Å². The molecule has 34 heavy (non-hydrogen) atoms. The van der Waals surface area contributed by atoms with Gasteiger partial charge in [-0.2, -0.15) is 13.2 Å². The van der Waals surface area contributed by atoms with E-state index < -0.39 is 23.5 Å². The quantitative estimate of drug-likeness (QED) is 0.462. The first-order chi connectivity index (χ1) is 16.2. The lowest BCUT2D eigenvalue weighted by molar-refractivity contribution is -0.185. The molecule has 8 nitrogen and oxygen atoms in total. The lowest BCUT2D eigenvalue weighted by Gasteiger charge is -2.22. The van der Waals surface area contributed by atoms with Gasteiger partial charge in [-0.3, -0.25) is 19.0 Å². The predicted molar refractivity (Wildman–Crippen MR) is 118 cm³/mol. The number of anilines is 1. The highest BCUT2D eigenvalue weighted by atomic mass is 19.4. The van der Waals surface area contributed by atoms with Crippen molar-refractivity contribution in [2.45, 2.75) is 26.2 Å². The molecular weight excluding hydrogens is 453 g/mol. The molecule has 0 atom stereocenters. The van der Waals surface area contributed by atoms with Gasteiger partial charge in [0, 0.05) is 24.2 Å². The van der Waals surface area contributed by atoms with E-state index in [1.807, 2.05) is 0 Å². The fraction of sp³-hybridized carbons (Fsp3) is 0.217. The van der Waals surface area contributed by atoms with Crippen molar-refractivity contribution in [2.24, 2.45) is 0 Å². The number of nitrogens with zero attached hydrogens (tertiary/aromatic N) is 3. The maximum absolute atomic E-state index is 12.8. The van der Waals surface area contributed by atoms with Crippen LogP contribution in [0.4, 0.5) is 18.9 Å². The lowest BCUT2D eigenvalue weighted by atomic mass is 10.2. The summed E-state index contributed by atoms with van der Waals surface area (Å²) in [7, 11) is 0. The maximum Gasteiger partial charge on any atom is 0.471 e. The first kappa shape index (κ1) is 23.0. The first-order valence-corrected chi connectivity index (χ1v) is 10.3. The molecule has 0 aliphatic rings. The van der Waals surface area contributed by atoms with E-state index in [9.17, 15) is 27.6 Å². The highest BCUT2D eigenvalue weighted by Crippen LogP contribution is 2.24. The number of para-hydroxylation sites is 1. The van der Waals surface area contributed by atoms with E-state index in [4.69, 9.17) is 4.42 Å². The van der Waals surface area contributed by atoms with Crippen LogP contribution < -0.4 is 10.9 Å². The summed E-state index contributed by atoms with van der Waals surface area (Å²) in [6.07, 6.45) is -3.71. The van der Waals surface area contributed by atoms with E-state index in [2.05, 4.69) is 10.3 Å². The number of fused-ring (bicyclic) bond motifs is 3. The molecule has 2 amide bonds. The Hall–Kier alpha value is -4.15. The summed E-state index contributed by atoms with van der Waals surface area (Å²) in [4.78, 5) is 41.7. The van der Waals surface area contributed by atoms with Crippen LogP contribution in [0.2, 0.25) is 0 Å². The van der Waals surface area contributed by atoms with Gasteiger partial charge in [0.2, 0.25) is 11.5 Å². The summed E-state index contributed by atoms with van der Waals surface area (Å²) >= 11 is 0. The Morgan fingerprint density at radius 2 is 1.91 bits per heavy atom. The van der Waals surface area contributed by atoms with Crippen molar-refractivity contribution >= 4 is 39.6 Å². The van der Waals surface area contributed by atoms with Crippen LogP contribution in [0.5, 0.6) is 0 Å². The Kier molecular flexibility index (Phi) is 6.10. The van der Waals surface area contributed by atoms with Crippen LogP contribution in [0.1, 0.15) is 12.5 Å². The van der Waals surface area contributed by atoms with Crippen molar-refractivity contribution in [3.8, 4) is 0 Å². The largest absolute Gasteiger partial charge is 0.471 e. The zero-order valence-corrected chi connectivity index (χ0v) is 17.9. The number of carbonyl (C=O) groups excluding carboxylic acids is 2. The minimum absolute atomic E-state index is 0.0347. The van der Waals surface area contributed by atoms with Crippen LogP contribution >= 0.6 is 0 Å². The Labute approximate surface area is 190 Å². The predicted octanol–water partition coefficient (Wildman–Crippen LogP) is 3.69. The Morgan fingerprint density at radius 1 is 1.15 bits per heavy atom. The van der Waals surface area contributed by atoms with Gasteiger partial charge in [0.15, 0.2) is 0 Å². The third kappa shape index (κ3) is 4.63. The highest BCUT2D eigenvalue weighted by Gasteiger charge is 2.41. The number of hydrogen-bond acceptors (Lipinski definition) is 5. The molecule has 2 aromatic heterocycles. The molecule has 2 aromatic carbocycles. The number of rotatable bonds is 6. The molecule has 11 heteroatoms. The van der Waals surface area contributed by atoms with Crippen LogP contribution in [0.3, 0.4) is 0 Å². The van der Waals surface area contributed by atoms with E-state index >= 15 is 0 Å². The van der Waals surface area contributed by atoms with Crippen molar-refractivity contribution in [3.05, 3.63) is 70.8 Å². The smallest absolute Gasteiger partial charge is 0.448 e. The van der Waals surface area contributed by atoms with Crippen molar-refractivity contribution in [2.75, 3.05) is 11.9 Å². The summed E-state index contributed by atoms with van der Waals surface area (Å²) in [6, 6.07) is 13.2. The van der Waals surface area contributed by atoms with Crippen LogP contribution in [0, 0.1) is 0 Å². The number of hydrogen-bond donors (Lipinski definition) is 1. The maximum atomic E-state index is 12.8. The molecular formula is C23H19F3N4O4. The number of benzene rings is 2. The number of carbonyl (C=O) groups is 2. The summed E-state index contributed by atoms with van der Waals surface area (Å²) in [5.74, 6) is -2.48. The fourth-order valence-electron chi connectivity index (χ4n) is 3.56. The van der Waals surface area contributed by atoms with Gasteiger partial charge in [0.05, 0.1) is 6.33 Å². The SMILES string of the molecule is CCN(Cc1cccc(NC(=O)Cn2cnc3c(oc4ccccc43)c2=O)c1)C(=O)C(F)(F)F. The van der Waals surface area contributed by atoms with Crippen molar-refractivity contribution in [3.63, 3.8) is 0 Å². The third-order valence-corrected chi connectivity index (χ3v) is 5.16. The summed E-state index contributed by atoms with van der Waals surface area (Å²) in [5, 5.41) is 3.29. The van der Waals surface area contributed by atoms with Gasteiger partial charge in [-0.05, 0) is 36.8 Å². The standard InChI is InChI=1S/C23H19F3N4O4/c1-2-29(22(33)23(24,25)26)11-14-6-5-7-15(10-14)28-18(31)12-30-13-27-19-16-8-3-4-9-17(16)34-20(19)21(30)32/h3-10,13H,2,11-12H2,1H3,(H,28,31). The van der Waals surface area contributed by atoms with Crippen molar-refractivity contribution in [1.82, 2.24) is 14.5 Å².